The first kappa shape index (κ1) is 16.3. The Morgan fingerprint density at radius 3 is 2.67 bits per heavy atom. The highest BCUT2D eigenvalue weighted by molar-refractivity contribution is 5.27. The van der Waals surface area contributed by atoms with E-state index in [2.05, 4.69) is 12.2 Å². The van der Waals surface area contributed by atoms with Gasteiger partial charge in [0.15, 0.2) is 0 Å². The molecule has 0 bridgehead atoms. The lowest BCUT2D eigenvalue weighted by Crippen LogP contribution is -2.34. The minimum absolute atomic E-state index is 0.129. The maximum atomic E-state index is 9.90. The first-order valence-corrected chi connectivity index (χ1v) is 7.96. The number of nitrogens with one attached hydrogen (secondary N) is 1. The molecule has 21 heavy (non-hydrogen) atoms. The fraction of sp³-hybridized carbons (Fsp3) is 0.647. The van der Waals surface area contributed by atoms with Gasteiger partial charge < -0.3 is 20.3 Å². The fourth-order valence-corrected chi connectivity index (χ4v) is 2.76. The molecule has 3 N–H and O–H groups in total. The van der Waals surface area contributed by atoms with E-state index in [0.717, 1.165) is 38.0 Å². The molecule has 1 saturated carbocycles. The third kappa shape index (κ3) is 5.65. The molecular weight excluding hydrogens is 266 g/mol. The van der Waals surface area contributed by atoms with Crippen LogP contribution in [-0.2, 0) is 6.42 Å². The summed E-state index contributed by atoms with van der Waals surface area (Å²) in [7, 11) is 0. The second kappa shape index (κ2) is 8.37. The molecule has 1 aliphatic carbocycles. The summed E-state index contributed by atoms with van der Waals surface area (Å²) < 4.78 is 5.58. The number of hydrogen-bond donors (Lipinski definition) is 3. The Kier molecular flexibility index (Phi) is 6.49. The summed E-state index contributed by atoms with van der Waals surface area (Å²) in [6.07, 6.45) is 3.24. The van der Waals surface area contributed by atoms with Crippen LogP contribution >= 0.6 is 0 Å². The van der Waals surface area contributed by atoms with Crippen LogP contribution in [0.2, 0.25) is 0 Å². The van der Waals surface area contributed by atoms with Crippen LogP contribution in [0.25, 0.3) is 0 Å². The summed E-state index contributed by atoms with van der Waals surface area (Å²) in [5.74, 6) is 1.33. The summed E-state index contributed by atoms with van der Waals surface area (Å²) in [4.78, 5) is 0. The quantitative estimate of drug-likeness (QED) is 0.683. The van der Waals surface area contributed by atoms with Gasteiger partial charge in [0.1, 0.15) is 18.5 Å². The summed E-state index contributed by atoms with van der Waals surface area (Å²) in [6.45, 7) is 3.80. The number of aliphatic hydroxyl groups is 2. The van der Waals surface area contributed by atoms with Gasteiger partial charge in [-0.2, -0.15) is 0 Å². The molecule has 0 heterocycles. The van der Waals surface area contributed by atoms with Crippen molar-refractivity contribution in [3.63, 3.8) is 0 Å². The predicted molar refractivity (Wildman–Crippen MR) is 83.5 cm³/mol. The fourth-order valence-electron chi connectivity index (χ4n) is 2.76. The monoisotopic (exact) mass is 293 g/mol. The summed E-state index contributed by atoms with van der Waals surface area (Å²) in [6, 6.07) is 7.98. The number of aliphatic hydroxyl groups excluding tert-OH is 2. The normalized spacial score (nSPS) is 23.2. The van der Waals surface area contributed by atoms with Crippen LogP contribution in [0.3, 0.4) is 0 Å². The van der Waals surface area contributed by atoms with E-state index in [0.29, 0.717) is 19.1 Å². The van der Waals surface area contributed by atoms with Gasteiger partial charge in [-0.1, -0.05) is 19.1 Å². The third-order valence-electron chi connectivity index (χ3n) is 4.10. The van der Waals surface area contributed by atoms with Crippen molar-refractivity contribution in [2.45, 2.75) is 44.8 Å². The van der Waals surface area contributed by atoms with Crippen LogP contribution in [-0.4, -0.2) is 42.1 Å². The van der Waals surface area contributed by atoms with E-state index in [1.165, 1.54) is 5.56 Å². The zero-order valence-electron chi connectivity index (χ0n) is 12.8. The zero-order chi connectivity index (χ0) is 15.1. The van der Waals surface area contributed by atoms with E-state index in [1.807, 2.05) is 24.3 Å². The van der Waals surface area contributed by atoms with Crippen LogP contribution in [0.15, 0.2) is 24.3 Å². The molecule has 0 radical (unpaired) electrons. The summed E-state index contributed by atoms with van der Waals surface area (Å²) in [5.41, 5.74) is 1.28. The third-order valence-corrected chi connectivity index (χ3v) is 4.10. The highest BCUT2D eigenvalue weighted by atomic mass is 16.5. The SMILES string of the molecule is CCc1ccc(OCC(O)CNCC2CCC(O)C2)cc1. The van der Waals surface area contributed by atoms with Crippen molar-refractivity contribution in [3.8, 4) is 5.75 Å². The molecule has 4 nitrogen and oxygen atoms in total. The number of rotatable bonds is 8. The van der Waals surface area contributed by atoms with Crippen molar-refractivity contribution in [1.29, 1.82) is 0 Å². The zero-order valence-corrected chi connectivity index (χ0v) is 12.8. The van der Waals surface area contributed by atoms with Gasteiger partial charge in [-0.05, 0) is 55.8 Å². The largest absolute Gasteiger partial charge is 0.491 e. The molecule has 3 unspecified atom stereocenters. The van der Waals surface area contributed by atoms with Gasteiger partial charge in [0.2, 0.25) is 0 Å². The van der Waals surface area contributed by atoms with Gasteiger partial charge in [0.05, 0.1) is 6.10 Å². The summed E-state index contributed by atoms with van der Waals surface area (Å²) >= 11 is 0. The lowest BCUT2D eigenvalue weighted by Gasteiger charge is -2.15. The van der Waals surface area contributed by atoms with Crippen molar-refractivity contribution in [1.82, 2.24) is 5.32 Å². The van der Waals surface area contributed by atoms with Crippen molar-refractivity contribution in [2.75, 3.05) is 19.7 Å². The molecule has 0 spiro atoms. The van der Waals surface area contributed by atoms with Crippen molar-refractivity contribution in [3.05, 3.63) is 29.8 Å². The van der Waals surface area contributed by atoms with Crippen LogP contribution in [0.1, 0.15) is 31.7 Å². The van der Waals surface area contributed by atoms with Crippen molar-refractivity contribution in [2.24, 2.45) is 5.92 Å². The molecule has 2 rings (SSSR count). The molecule has 1 aromatic rings. The minimum Gasteiger partial charge on any atom is -0.491 e. The molecule has 1 fully saturated rings. The van der Waals surface area contributed by atoms with Gasteiger partial charge in [-0.25, -0.2) is 0 Å². The standard InChI is InChI=1S/C17H27NO3/c1-2-13-4-7-17(8-5-13)21-12-16(20)11-18-10-14-3-6-15(19)9-14/h4-5,7-8,14-16,18-20H,2-3,6,9-12H2,1H3. The Labute approximate surface area is 127 Å². The van der Waals surface area contributed by atoms with Gasteiger partial charge >= 0.3 is 0 Å². The Bertz CT molecular complexity index is 407. The molecule has 3 atom stereocenters. The Balaban J connectivity index is 1.59. The Hall–Kier alpha value is -1.10. The smallest absolute Gasteiger partial charge is 0.119 e. The van der Waals surface area contributed by atoms with Crippen LogP contribution in [0.5, 0.6) is 5.75 Å². The van der Waals surface area contributed by atoms with E-state index in [-0.39, 0.29) is 6.10 Å². The van der Waals surface area contributed by atoms with Crippen molar-refractivity contribution < 1.29 is 14.9 Å². The number of benzene rings is 1. The lowest BCUT2D eigenvalue weighted by atomic mass is 10.1. The highest BCUT2D eigenvalue weighted by Crippen LogP contribution is 2.24. The van der Waals surface area contributed by atoms with Gasteiger partial charge in [0, 0.05) is 6.54 Å². The van der Waals surface area contributed by atoms with Gasteiger partial charge in [-0.3, -0.25) is 0 Å². The van der Waals surface area contributed by atoms with Crippen LogP contribution in [0, 0.1) is 5.92 Å². The Morgan fingerprint density at radius 1 is 1.29 bits per heavy atom. The second-order valence-electron chi connectivity index (χ2n) is 5.95. The predicted octanol–water partition coefficient (Wildman–Crippen LogP) is 1.74. The number of ether oxygens (including phenoxy) is 1. The van der Waals surface area contributed by atoms with E-state index in [4.69, 9.17) is 4.74 Å². The van der Waals surface area contributed by atoms with E-state index in [1.54, 1.807) is 0 Å². The summed E-state index contributed by atoms with van der Waals surface area (Å²) in [5, 5.41) is 22.6. The Morgan fingerprint density at radius 2 is 2.05 bits per heavy atom. The molecule has 1 aliphatic rings. The first-order valence-electron chi connectivity index (χ1n) is 7.96. The van der Waals surface area contributed by atoms with E-state index in [9.17, 15) is 10.2 Å². The topological polar surface area (TPSA) is 61.7 Å². The lowest BCUT2D eigenvalue weighted by molar-refractivity contribution is 0.105. The van der Waals surface area contributed by atoms with Gasteiger partial charge in [0.25, 0.3) is 0 Å². The van der Waals surface area contributed by atoms with Gasteiger partial charge in [-0.15, -0.1) is 0 Å². The van der Waals surface area contributed by atoms with Crippen LogP contribution in [0.4, 0.5) is 0 Å². The number of hydrogen-bond acceptors (Lipinski definition) is 4. The molecular formula is C17H27NO3. The molecule has 118 valence electrons. The maximum absolute atomic E-state index is 9.90. The average molecular weight is 293 g/mol. The van der Waals surface area contributed by atoms with E-state index < -0.39 is 6.10 Å². The van der Waals surface area contributed by atoms with E-state index >= 15 is 0 Å². The highest BCUT2D eigenvalue weighted by Gasteiger charge is 2.22. The number of aryl methyl sites for hydroxylation is 1. The van der Waals surface area contributed by atoms with Crippen LogP contribution < -0.4 is 10.1 Å². The molecule has 0 saturated heterocycles. The maximum Gasteiger partial charge on any atom is 0.119 e. The van der Waals surface area contributed by atoms with Crippen molar-refractivity contribution >= 4 is 0 Å². The average Bonchev–Trinajstić information content (AvgIpc) is 2.91. The minimum atomic E-state index is -0.512. The molecule has 0 aliphatic heterocycles. The first-order chi connectivity index (χ1) is 10.2. The second-order valence-corrected chi connectivity index (χ2v) is 5.95. The molecule has 1 aromatic carbocycles. The molecule has 4 heteroatoms. The molecule has 0 amide bonds. The molecule has 0 aromatic heterocycles.